The quantitative estimate of drug-likeness (QED) is 0.710. The fourth-order valence-electron chi connectivity index (χ4n) is 2.12. The number of hydrogen-bond donors (Lipinski definition) is 0. The second-order valence-electron chi connectivity index (χ2n) is 4.17. The summed E-state index contributed by atoms with van der Waals surface area (Å²) in [5.74, 6) is 1.58. The maximum atomic E-state index is 6.00. The highest BCUT2D eigenvalue weighted by Gasteiger charge is 2.26. The maximum absolute atomic E-state index is 6.00. The average Bonchev–Trinajstić information content (AvgIpc) is 2.70. The molecule has 5 heteroatoms. The van der Waals surface area contributed by atoms with Gasteiger partial charge in [0.15, 0.2) is 5.82 Å². The zero-order valence-corrected chi connectivity index (χ0v) is 9.28. The first kappa shape index (κ1) is 9.90. The minimum absolute atomic E-state index is 0.110. The minimum atomic E-state index is -0.110. The summed E-state index contributed by atoms with van der Waals surface area (Å²) in [5.41, 5.74) is 0. The van der Waals surface area contributed by atoms with Crippen LogP contribution in [0.3, 0.4) is 0 Å². The molecular formula is C9H15ClN4. The number of tetrazole rings is 1. The Balaban J connectivity index is 2.19. The van der Waals surface area contributed by atoms with Crippen LogP contribution in [0.25, 0.3) is 0 Å². The van der Waals surface area contributed by atoms with E-state index in [1.807, 2.05) is 11.6 Å². The standard InChI is InChI=1S/C9H15ClN4/c1-6-3-4-8(5-6)14-9(7(2)10)11-12-13-14/h6-8H,3-5H2,1-2H3. The lowest BCUT2D eigenvalue weighted by Crippen LogP contribution is -2.12. The first-order valence-corrected chi connectivity index (χ1v) is 5.54. The van der Waals surface area contributed by atoms with Crippen LogP contribution in [0.4, 0.5) is 0 Å². The number of aromatic nitrogens is 4. The largest absolute Gasteiger partial charge is 0.225 e. The molecule has 1 heterocycles. The molecule has 78 valence electrons. The Labute approximate surface area is 88.6 Å². The van der Waals surface area contributed by atoms with Gasteiger partial charge < -0.3 is 0 Å². The van der Waals surface area contributed by atoms with E-state index in [0.717, 1.165) is 11.7 Å². The summed E-state index contributed by atoms with van der Waals surface area (Å²) in [6, 6.07) is 0.455. The zero-order chi connectivity index (χ0) is 10.1. The molecule has 1 aromatic rings. The molecule has 2 rings (SSSR count). The summed E-state index contributed by atoms with van der Waals surface area (Å²) in [4.78, 5) is 0. The van der Waals surface area contributed by atoms with Crippen molar-refractivity contribution in [2.75, 3.05) is 0 Å². The summed E-state index contributed by atoms with van der Waals surface area (Å²) < 4.78 is 1.90. The van der Waals surface area contributed by atoms with Crippen molar-refractivity contribution in [3.63, 3.8) is 0 Å². The number of rotatable bonds is 2. The van der Waals surface area contributed by atoms with E-state index in [9.17, 15) is 0 Å². The molecule has 0 spiro atoms. The number of alkyl halides is 1. The van der Waals surface area contributed by atoms with E-state index in [1.54, 1.807) is 0 Å². The van der Waals surface area contributed by atoms with Crippen LogP contribution in [0.5, 0.6) is 0 Å². The Bertz CT molecular complexity index is 310. The van der Waals surface area contributed by atoms with Gasteiger partial charge in [0.25, 0.3) is 0 Å². The zero-order valence-electron chi connectivity index (χ0n) is 8.52. The van der Waals surface area contributed by atoms with Crippen LogP contribution in [0.1, 0.15) is 50.4 Å². The molecule has 1 aliphatic rings. The van der Waals surface area contributed by atoms with Crippen LogP contribution < -0.4 is 0 Å². The summed E-state index contributed by atoms with van der Waals surface area (Å²) in [6.07, 6.45) is 3.60. The minimum Gasteiger partial charge on any atom is -0.225 e. The van der Waals surface area contributed by atoms with Gasteiger partial charge >= 0.3 is 0 Å². The summed E-state index contributed by atoms with van der Waals surface area (Å²) in [7, 11) is 0. The van der Waals surface area contributed by atoms with E-state index < -0.39 is 0 Å². The second-order valence-corrected chi connectivity index (χ2v) is 4.82. The molecule has 1 aliphatic carbocycles. The van der Waals surface area contributed by atoms with E-state index >= 15 is 0 Å². The van der Waals surface area contributed by atoms with Gasteiger partial charge in [-0.3, -0.25) is 0 Å². The summed E-state index contributed by atoms with van der Waals surface area (Å²) >= 11 is 6.00. The van der Waals surface area contributed by atoms with Crippen molar-refractivity contribution in [1.82, 2.24) is 20.2 Å². The van der Waals surface area contributed by atoms with Crippen molar-refractivity contribution in [2.45, 2.75) is 44.5 Å². The Morgan fingerprint density at radius 2 is 2.29 bits per heavy atom. The predicted octanol–water partition coefficient (Wildman–Crippen LogP) is 2.33. The number of halogens is 1. The normalized spacial score (nSPS) is 29.4. The predicted molar refractivity (Wildman–Crippen MR) is 54.1 cm³/mol. The fraction of sp³-hybridized carbons (Fsp3) is 0.889. The van der Waals surface area contributed by atoms with Crippen LogP contribution in [0.2, 0.25) is 0 Å². The lowest BCUT2D eigenvalue weighted by Gasteiger charge is -2.12. The molecule has 0 radical (unpaired) electrons. The van der Waals surface area contributed by atoms with Gasteiger partial charge in [-0.25, -0.2) is 4.68 Å². The lowest BCUT2D eigenvalue weighted by atomic mass is 10.1. The SMILES string of the molecule is CC1CCC(n2nnnc2C(C)Cl)C1. The molecule has 0 N–H and O–H groups in total. The molecule has 0 saturated heterocycles. The van der Waals surface area contributed by atoms with E-state index in [4.69, 9.17) is 11.6 Å². The molecular weight excluding hydrogens is 200 g/mol. The van der Waals surface area contributed by atoms with Crippen LogP contribution in [-0.2, 0) is 0 Å². The van der Waals surface area contributed by atoms with Crippen LogP contribution in [-0.4, -0.2) is 20.2 Å². The Morgan fingerprint density at radius 3 is 2.86 bits per heavy atom. The Kier molecular flexibility index (Phi) is 2.72. The first-order chi connectivity index (χ1) is 6.68. The maximum Gasteiger partial charge on any atom is 0.169 e. The molecule has 3 atom stereocenters. The highest BCUT2D eigenvalue weighted by Crippen LogP contribution is 2.35. The molecule has 0 aromatic carbocycles. The Morgan fingerprint density at radius 1 is 1.50 bits per heavy atom. The third-order valence-corrected chi connectivity index (χ3v) is 3.08. The number of hydrogen-bond acceptors (Lipinski definition) is 3. The molecule has 1 aromatic heterocycles. The van der Waals surface area contributed by atoms with Gasteiger partial charge in [0, 0.05) is 0 Å². The van der Waals surface area contributed by atoms with Gasteiger partial charge in [0.05, 0.1) is 11.4 Å². The monoisotopic (exact) mass is 214 g/mol. The van der Waals surface area contributed by atoms with Crippen molar-refractivity contribution in [3.05, 3.63) is 5.82 Å². The van der Waals surface area contributed by atoms with Gasteiger partial charge in [-0.1, -0.05) is 6.92 Å². The van der Waals surface area contributed by atoms with Crippen LogP contribution in [0.15, 0.2) is 0 Å². The molecule has 0 aliphatic heterocycles. The van der Waals surface area contributed by atoms with E-state index in [-0.39, 0.29) is 5.38 Å². The lowest BCUT2D eigenvalue weighted by molar-refractivity contribution is 0.424. The van der Waals surface area contributed by atoms with Crippen LogP contribution >= 0.6 is 11.6 Å². The summed E-state index contributed by atoms with van der Waals surface area (Å²) in [5, 5.41) is 11.6. The molecule has 1 fully saturated rings. The van der Waals surface area contributed by atoms with Crippen molar-refractivity contribution in [1.29, 1.82) is 0 Å². The van der Waals surface area contributed by atoms with Gasteiger partial charge in [-0.05, 0) is 42.5 Å². The highest BCUT2D eigenvalue weighted by molar-refractivity contribution is 6.20. The molecule has 3 unspecified atom stereocenters. The highest BCUT2D eigenvalue weighted by atomic mass is 35.5. The number of nitrogens with zero attached hydrogens (tertiary/aromatic N) is 4. The topological polar surface area (TPSA) is 43.6 Å². The van der Waals surface area contributed by atoms with Crippen LogP contribution in [0, 0.1) is 5.92 Å². The van der Waals surface area contributed by atoms with E-state index in [2.05, 4.69) is 22.4 Å². The van der Waals surface area contributed by atoms with Crippen molar-refractivity contribution in [2.24, 2.45) is 5.92 Å². The van der Waals surface area contributed by atoms with E-state index in [0.29, 0.717) is 6.04 Å². The van der Waals surface area contributed by atoms with Crippen molar-refractivity contribution in [3.8, 4) is 0 Å². The molecule has 1 saturated carbocycles. The van der Waals surface area contributed by atoms with Crippen molar-refractivity contribution < 1.29 is 0 Å². The third-order valence-electron chi connectivity index (χ3n) is 2.89. The second kappa shape index (κ2) is 3.85. The average molecular weight is 215 g/mol. The Hall–Kier alpha value is -0.640. The van der Waals surface area contributed by atoms with Gasteiger partial charge in [-0.15, -0.1) is 16.7 Å². The molecule has 0 bridgehead atoms. The molecule has 4 nitrogen and oxygen atoms in total. The molecule has 14 heavy (non-hydrogen) atoms. The van der Waals surface area contributed by atoms with Gasteiger partial charge in [0.1, 0.15) is 0 Å². The summed E-state index contributed by atoms with van der Waals surface area (Å²) in [6.45, 7) is 4.18. The third kappa shape index (κ3) is 1.75. The van der Waals surface area contributed by atoms with E-state index in [1.165, 1.54) is 19.3 Å². The van der Waals surface area contributed by atoms with Crippen molar-refractivity contribution >= 4 is 11.6 Å². The van der Waals surface area contributed by atoms with Gasteiger partial charge in [-0.2, -0.15) is 0 Å². The fourth-order valence-corrected chi connectivity index (χ4v) is 2.27. The smallest absolute Gasteiger partial charge is 0.169 e. The first-order valence-electron chi connectivity index (χ1n) is 5.10. The molecule has 0 amide bonds. The van der Waals surface area contributed by atoms with Gasteiger partial charge in [0.2, 0.25) is 0 Å².